The fourth-order valence-electron chi connectivity index (χ4n) is 2.66. The van der Waals surface area contributed by atoms with Gasteiger partial charge in [-0.15, -0.1) is 0 Å². The van der Waals surface area contributed by atoms with Crippen LogP contribution in [0, 0.1) is 11.3 Å². The Labute approximate surface area is 138 Å². The van der Waals surface area contributed by atoms with E-state index in [4.69, 9.17) is 16.3 Å². The average Bonchev–Trinajstić information content (AvgIpc) is 2.58. The zero-order valence-corrected chi connectivity index (χ0v) is 13.4. The van der Waals surface area contributed by atoms with Gasteiger partial charge < -0.3 is 9.30 Å². The van der Waals surface area contributed by atoms with Gasteiger partial charge in [-0.3, -0.25) is 4.79 Å². The summed E-state index contributed by atoms with van der Waals surface area (Å²) >= 11 is 5.95. The van der Waals surface area contributed by atoms with Crippen LogP contribution in [0.4, 0.5) is 0 Å². The van der Waals surface area contributed by atoms with Gasteiger partial charge in [-0.2, -0.15) is 5.26 Å². The Kier molecular flexibility index (Phi) is 3.81. The lowest BCUT2D eigenvalue weighted by molar-refractivity contribution is 0.415. The lowest BCUT2D eigenvalue weighted by Gasteiger charge is -2.14. The Morgan fingerprint density at radius 1 is 1.13 bits per heavy atom. The molecule has 1 aromatic heterocycles. The van der Waals surface area contributed by atoms with Crippen molar-refractivity contribution in [3.8, 4) is 22.9 Å². The normalized spacial score (nSPS) is 10.5. The Hall–Kier alpha value is -2.77. The molecule has 0 saturated heterocycles. The molecule has 0 spiro atoms. The van der Waals surface area contributed by atoms with Crippen LogP contribution in [0.1, 0.15) is 5.69 Å². The van der Waals surface area contributed by atoms with E-state index in [9.17, 15) is 10.1 Å². The number of halogens is 1. The maximum absolute atomic E-state index is 12.5. The van der Waals surface area contributed by atoms with Crippen molar-refractivity contribution in [2.75, 3.05) is 7.11 Å². The van der Waals surface area contributed by atoms with E-state index in [0.717, 1.165) is 5.56 Å². The number of pyridine rings is 1. The minimum atomic E-state index is -0.211. The molecule has 3 rings (SSSR count). The fraction of sp³-hybridized carbons (Fsp3) is 0.111. The van der Waals surface area contributed by atoms with Crippen LogP contribution in [0.2, 0.25) is 5.02 Å². The van der Waals surface area contributed by atoms with Crippen molar-refractivity contribution in [2.45, 2.75) is 0 Å². The summed E-state index contributed by atoms with van der Waals surface area (Å²) < 4.78 is 6.64. The second-order valence-corrected chi connectivity index (χ2v) is 5.55. The van der Waals surface area contributed by atoms with Crippen molar-refractivity contribution >= 4 is 22.4 Å². The molecule has 114 valence electrons. The predicted octanol–water partition coefficient (Wildman–Crippen LogP) is 3.74. The number of hydrogen-bond donors (Lipinski definition) is 0. The molecule has 0 amide bonds. The largest absolute Gasteiger partial charge is 0.497 e. The molecule has 0 aliphatic heterocycles. The van der Waals surface area contributed by atoms with Gasteiger partial charge in [0.05, 0.1) is 7.11 Å². The number of benzene rings is 2. The van der Waals surface area contributed by atoms with Crippen molar-refractivity contribution in [3.63, 3.8) is 0 Å². The summed E-state index contributed by atoms with van der Waals surface area (Å²) in [6.07, 6.45) is 0. The van der Waals surface area contributed by atoms with Crippen LogP contribution in [-0.4, -0.2) is 11.7 Å². The number of methoxy groups -OCH3 is 1. The number of aromatic nitrogens is 1. The molecule has 0 fully saturated rings. The van der Waals surface area contributed by atoms with Crippen LogP contribution >= 0.6 is 11.6 Å². The van der Waals surface area contributed by atoms with Crippen LogP contribution < -0.4 is 10.3 Å². The number of nitriles is 1. The third-order valence-electron chi connectivity index (χ3n) is 3.84. The van der Waals surface area contributed by atoms with E-state index in [1.54, 1.807) is 44.5 Å². The lowest BCUT2D eigenvalue weighted by atomic mass is 9.97. The Morgan fingerprint density at radius 3 is 2.43 bits per heavy atom. The first-order chi connectivity index (χ1) is 11.1. The van der Waals surface area contributed by atoms with Crippen molar-refractivity contribution in [3.05, 3.63) is 63.5 Å². The topological polar surface area (TPSA) is 55.0 Å². The standard InChI is InChI=1S/C18H13ClN2O2/c1-21-16(10-20)17(11-3-5-12(19)6-4-11)15-9-13(23-2)7-8-14(15)18(21)22/h3-9H,1-2H3. The number of nitrogens with zero attached hydrogens (tertiary/aromatic N) is 2. The molecular weight excluding hydrogens is 312 g/mol. The van der Waals surface area contributed by atoms with Gasteiger partial charge in [0.15, 0.2) is 0 Å². The molecule has 1 heterocycles. The lowest BCUT2D eigenvalue weighted by Crippen LogP contribution is -2.20. The van der Waals surface area contributed by atoms with Gasteiger partial charge in [-0.25, -0.2) is 0 Å². The summed E-state index contributed by atoms with van der Waals surface area (Å²) in [7, 11) is 3.17. The molecule has 0 N–H and O–H groups in total. The molecule has 4 nitrogen and oxygen atoms in total. The SMILES string of the molecule is COc1ccc2c(=O)n(C)c(C#N)c(-c3ccc(Cl)cc3)c2c1. The van der Waals surface area contributed by atoms with Gasteiger partial charge in [-0.1, -0.05) is 23.7 Å². The molecule has 0 atom stereocenters. The van der Waals surface area contributed by atoms with Crippen LogP contribution in [0.3, 0.4) is 0 Å². The summed E-state index contributed by atoms with van der Waals surface area (Å²) in [5.74, 6) is 0.629. The molecule has 0 saturated carbocycles. The smallest absolute Gasteiger partial charge is 0.259 e. The second kappa shape index (κ2) is 5.79. The van der Waals surface area contributed by atoms with E-state index in [2.05, 4.69) is 6.07 Å². The first-order valence-corrected chi connectivity index (χ1v) is 7.31. The molecule has 5 heteroatoms. The van der Waals surface area contributed by atoms with Gasteiger partial charge in [0.25, 0.3) is 5.56 Å². The van der Waals surface area contributed by atoms with E-state index in [-0.39, 0.29) is 5.56 Å². The molecule has 0 aliphatic rings. The Balaban J connectivity index is 2.51. The van der Waals surface area contributed by atoms with E-state index in [1.165, 1.54) is 4.57 Å². The highest BCUT2D eigenvalue weighted by molar-refractivity contribution is 6.30. The summed E-state index contributed by atoms with van der Waals surface area (Å²) in [4.78, 5) is 12.5. The minimum Gasteiger partial charge on any atom is -0.497 e. The van der Waals surface area contributed by atoms with Gasteiger partial charge in [0.1, 0.15) is 17.5 Å². The van der Waals surface area contributed by atoms with Crippen molar-refractivity contribution in [1.29, 1.82) is 5.26 Å². The molecule has 3 aromatic rings. The quantitative estimate of drug-likeness (QED) is 0.721. The van der Waals surface area contributed by atoms with Crippen molar-refractivity contribution < 1.29 is 4.74 Å². The highest BCUT2D eigenvalue weighted by atomic mass is 35.5. The number of rotatable bonds is 2. The minimum absolute atomic E-state index is 0.211. The summed E-state index contributed by atoms with van der Waals surface area (Å²) in [6, 6.07) is 14.6. The predicted molar refractivity (Wildman–Crippen MR) is 90.9 cm³/mol. The Morgan fingerprint density at radius 2 is 1.83 bits per heavy atom. The second-order valence-electron chi connectivity index (χ2n) is 5.12. The van der Waals surface area contributed by atoms with E-state index >= 15 is 0 Å². The molecule has 23 heavy (non-hydrogen) atoms. The Bertz CT molecular complexity index is 999. The van der Waals surface area contributed by atoms with E-state index in [0.29, 0.717) is 32.8 Å². The van der Waals surface area contributed by atoms with Gasteiger partial charge >= 0.3 is 0 Å². The summed E-state index contributed by atoms with van der Waals surface area (Å²) in [6.45, 7) is 0. The summed E-state index contributed by atoms with van der Waals surface area (Å²) in [5, 5.41) is 11.4. The maximum atomic E-state index is 12.5. The van der Waals surface area contributed by atoms with Crippen LogP contribution in [0.5, 0.6) is 5.75 Å². The molecule has 2 aromatic carbocycles. The fourth-order valence-corrected chi connectivity index (χ4v) is 2.79. The third kappa shape index (κ3) is 2.45. The molecule has 0 aliphatic carbocycles. The van der Waals surface area contributed by atoms with Gasteiger partial charge in [0, 0.05) is 28.4 Å². The third-order valence-corrected chi connectivity index (χ3v) is 4.09. The van der Waals surface area contributed by atoms with Gasteiger partial charge in [0.2, 0.25) is 0 Å². The number of ether oxygens (including phenoxy) is 1. The molecular formula is C18H13ClN2O2. The first-order valence-electron chi connectivity index (χ1n) is 6.93. The first kappa shape index (κ1) is 15.1. The molecule has 0 unspecified atom stereocenters. The maximum Gasteiger partial charge on any atom is 0.259 e. The monoisotopic (exact) mass is 324 g/mol. The van der Waals surface area contributed by atoms with Crippen LogP contribution in [-0.2, 0) is 7.05 Å². The highest BCUT2D eigenvalue weighted by Crippen LogP contribution is 2.32. The van der Waals surface area contributed by atoms with Crippen molar-refractivity contribution in [2.24, 2.45) is 7.05 Å². The average molecular weight is 325 g/mol. The van der Waals surface area contributed by atoms with E-state index in [1.807, 2.05) is 12.1 Å². The zero-order chi connectivity index (χ0) is 16.6. The van der Waals surface area contributed by atoms with Gasteiger partial charge in [-0.05, 0) is 35.9 Å². The highest BCUT2D eigenvalue weighted by Gasteiger charge is 2.16. The number of hydrogen-bond acceptors (Lipinski definition) is 3. The van der Waals surface area contributed by atoms with Crippen LogP contribution in [0.15, 0.2) is 47.3 Å². The number of fused-ring (bicyclic) bond motifs is 1. The van der Waals surface area contributed by atoms with E-state index < -0.39 is 0 Å². The molecule has 0 bridgehead atoms. The zero-order valence-electron chi connectivity index (χ0n) is 12.6. The summed E-state index contributed by atoms with van der Waals surface area (Å²) in [5.41, 5.74) is 1.61. The van der Waals surface area contributed by atoms with Crippen LogP contribution in [0.25, 0.3) is 21.9 Å². The van der Waals surface area contributed by atoms with Crippen molar-refractivity contribution in [1.82, 2.24) is 4.57 Å². The molecule has 0 radical (unpaired) electrons.